The van der Waals surface area contributed by atoms with Crippen molar-refractivity contribution < 1.29 is 80.2 Å². The summed E-state index contributed by atoms with van der Waals surface area (Å²) in [5, 5.41) is 10.6. The smallest absolute Gasteiger partial charge is 0.462 e. The van der Waals surface area contributed by atoms with E-state index in [-0.39, 0.29) is 25.7 Å². The zero-order valence-corrected chi connectivity index (χ0v) is 63.8. The molecule has 0 aliphatic heterocycles. The van der Waals surface area contributed by atoms with Crippen LogP contribution in [0, 0.1) is 11.8 Å². The van der Waals surface area contributed by atoms with Gasteiger partial charge in [0, 0.05) is 25.7 Å². The first-order chi connectivity index (χ1) is 45.9. The summed E-state index contributed by atoms with van der Waals surface area (Å²) in [6, 6.07) is 0. The Kier molecular flexibility index (Phi) is 66.5. The molecule has 0 aliphatic carbocycles. The van der Waals surface area contributed by atoms with E-state index in [2.05, 4.69) is 41.5 Å². The van der Waals surface area contributed by atoms with Gasteiger partial charge >= 0.3 is 39.5 Å². The van der Waals surface area contributed by atoms with Gasteiger partial charge in [-0.25, -0.2) is 9.13 Å². The molecule has 0 aliphatic rings. The maximum atomic E-state index is 13.1. The van der Waals surface area contributed by atoms with Crippen LogP contribution < -0.4 is 0 Å². The molecule has 0 fully saturated rings. The molecule has 0 heterocycles. The second-order valence-electron chi connectivity index (χ2n) is 28.1. The van der Waals surface area contributed by atoms with E-state index in [0.717, 1.165) is 108 Å². The number of carbonyl (C=O) groups is 4. The fourth-order valence-electron chi connectivity index (χ4n) is 11.6. The third kappa shape index (κ3) is 69.0. The van der Waals surface area contributed by atoms with E-state index in [0.29, 0.717) is 25.7 Å². The topological polar surface area (TPSA) is 237 Å². The molecule has 0 radical (unpaired) electrons. The van der Waals surface area contributed by atoms with Crippen molar-refractivity contribution in [2.45, 2.75) is 413 Å². The van der Waals surface area contributed by atoms with E-state index in [1.807, 2.05) is 0 Å². The fourth-order valence-corrected chi connectivity index (χ4v) is 13.2. The Morgan fingerprint density at radius 3 is 0.800 bits per heavy atom. The van der Waals surface area contributed by atoms with Crippen LogP contribution in [0.2, 0.25) is 0 Å². The van der Waals surface area contributed by atoms with Crippen LogP contribution in [0.3, 0.4) is 0 Å². The van der Waals surface area contributed by atoms with Gasteiger partial charge < -0.3 is 33.8 Å². The van der Waals surface area contributed by atoms with Gasteiger partial charge in [0.15, 0.2) is 12.2 Å². The maximum Gasteiger partial charge on any atom is 0.472 e. The van der Waals surface area contributed by atoms with Crippen molar-refractivity contribution in [3.05, 3.63) is 0 Å². The highest BCUT2D eigenvalue weighted by molar-refractivity contribution is 7.47. The van der Waals surface area contributed by atoms with Crippen LogP contribution in [0.4, 0.5) is 0 Å². The van der Waals surface area contributed by atoms with Gasteiger partial charge in [0.1, 0.15) is 19.3 Å². The highest BCUT2D eigenvalue weighted by Gasteiger charge is 2.30. The molecular weight excluding hydrogens is 1250 g/mol. The first-order valence-corrected chi connectivity index (χ1v) is 42.5. The van der Waals surface area contributed by atoms with Crippen LogP contribution in [-0.2, 0) is 65.4 Å². The SMILES string of the molecule is CCCCCCCCCCCCCCCCCCCC(=O)O[C@H](COC(=O)CCCCCCCCCCCCCCCCCC)COP(=O)(O)OC[C@@H](O)COP(=O)(O)OC[C@@H](COC(=O)CCCCCCCCC(C)CC)OC(=O)CCCCCCCCCCCC(C)C. The predicted octanol–water partition coefficient (Wildman–Crippen LogP) is 22.3. The lowest BCUT2D eigenvalue weighted by molar-refractivity contribution is -0.161. The second-order valence-corrected chi connectivity index (χ2v) is 31.0. The molecule has 0 aromatic carbocycles. The highest BCUT2D eigenvalue weighted by Crippen LogP contribution is 2.45. The Balaban J connectivity index is 5.25. The molecule has 564 valence electrons. The molecule has 19 heteroatoms. The number of ether oxygens (including phenoxy) is 4. The molecule has 17 nitrogen and oxygen atoms in total. The minimum absolute atomic E-state index is 0.105. The summed E-state index contributed by atoms with van der Waals surface area (Å²) in [4.78, 5) is 72.8. The number of aliphatic hydroxyl groups excluding tert-OH is 1. The molecule has 0 saturated carbocycles. The lowest BCUT2D eigenvalue weighted by Crippen LogP contribution is -2.30. The number of carbonyl (C=O) groups excluding carboxylic acids is 4. The summed E-state index contributed by atoms with van der Waals surface area (Å²) in [7, 11) is -9.91. The Morgan fingerprint density at radius 2 is 0.537 bits per heavy atom. The van der Waals surface area contributed by atoms with E-state index >= 15 is 0 Å². The van der Waals surface area contributed by atoms with Gasteiger partial charge in [0.25, 0.3) is 0 Å². The maximum absolute atomic E-state index is 13.1. The number of unbranched alkanes of at least 4 members (excludes halogenated alkanes) is 44. The summed E-state index contributed by atoms with van der Waals surface area (Å²) in [6.07, 6.45) is 55.5. The minimum atomic E-state index is -4.96. The summed E-state index contributed by atoms with van der Waals surface area (Å²) < 4.78 is 68.5. The van der Waals surface area contributed by atoms with Crippen LogP contribution in [0.15, 0.2) is 0 Å². The van der Waals surface area contributed by atoms with E-state index < -0.39 is 97.5 Å². The molecule has 6 atom stereocenters. The minimum Gasteiger partial charge on any atom is -0.462 e. The molecule has 3 N–H and O–H groups in total. The van der Waals surface area contributed by atoms with Crippen molar-refractivity contribution in [1.82, 2.24) is 0 Å². The van der Waals surface area contributed by atoms with Crippen molar-refractivity contribution in [1.29, 1.82) is 0 Å². The van der Waals surface area contributed by atoms with Gasteiger partial charge in [0.05, 0.1) is 26.4 Å². The molecule has 0 saturated heterocycles. The van der Waals surface area contributed by atoms with Crippen molar-refractivity contribution >= 4 is 39.5 Å². The Hall–Kier alpha value is -1.94. The fraction of sp³-hybridized carbons (Fsp3) is 0.947. The van der Waals surface area contributed by atoms with E-state index in [1.165, 1.54) is 205 Å². The quantitative estimate of drug-likeness (QED) is 0.0222. The van der Waals surface area contributed by atoms with Crippen LogP contribution in [-0.4, -0.2) is 96.7 Å². The van der Waals surface area contributed by atoms with Crippen LogP contribution in [0.1, 0.15) is 395 Å². The number of esters is 4. The molecule has 0 amide bonds. The van der Waals surface area contributed by atoms with Gasteiger partial charge in [-0.3, -0.25) is 37.3 Å². The van der Waals surface area contributed by atoms with Gasteiger partial charge in [-0.05, 0) is 37.5 Å². The number of phosphoric ester groups is 2. The van der Waals surface area contributed by atoms with Crippen LogP contribution in [0.25, 0.3) is 0 Å². The van der Waals surface area contributed by atoms with Crippen molar-refractivity contribution in [3.8, 4) is 0 Å². The van der Waals surface area contributed by atoms with Gasteiger partial charge in [0.2, 0.25) is 0 Å². The third-order valence-corrected chi connectivity index (χ3v) is 20.0. The largest absolute Gasteiger partial charge is 0.472 e. The average molecular weight is 1400 g/mol. The van der Waals surface area contributed by atoms with Crippen molar-refractivity contribution in [2.75, 3.05) is 39.6 Å². The first kappa shape index (κ1) is 93.1. The molecule has 3 unspecified atom stereocenters. The normalized spacial score (nSPS) is 14.3. The molecular formula is C76H148O17P2. The average Bonchev–Trinajstić information content (AvgIpc) is 1.39. The van der Waals surface area contributed by atoms with Crippen LogP contribution >= 0.6 is 15.6 Å². The molecule has 0 aromatic rings. The summed E-state index contributed by atoms with van der Waals surface area (Å²) in [5.41, 5.74) is 0. The molecule has 95 heavy (non-hydrogen) atoms. The van der Waals surface area contributed by atoms with E-state index in [4.69, 9.17) is 37.0 Å². The lowest BCUT2D eigenvalue weighted by atomic mass is 10.00. The standard InChI is InChI=1S/C76H148O17P2/c1-7-10-12-14-16-18-20-22-24-26-28-30-32-36-40-48-54-60-75(80)92-71(64-86-73(78)58-52-46-39-35-31-29-27-25-23-21-19-17-15-13-11-8-2)66-90-94(82,83)88-62-70(77)63-89-95(84,85)91-67-72(65-87-74(79)59-53-47-43-42-45-51-57-69(6)9-3)93-76(81)61-55-49-41-37-33-34-38-44-50-56-68(4)5/h68-72,77H,7-67H2,1-6H3,(H,82,83)(H,84,85)/t69?,70-,71-,72-/m1/s1. The summed E-state index contributed by atoms with van der Waals surface area (Å²) in [6.45, 7) is 9.54. The van der Waals surface area contributed by atoms with Gasteiger partial charge in [-0.2, -0.15) is 0 Å². The highest BCUT2D eigenvalue weighted by atomic mass is 31.2. The molecule has 0 bridgehead atoms. The molecule has 0 aromatic heterocycles. The van der Waals surface area contributed by atoms with E-state index in [9.17, 15) is 43.2 Å². The number of aliphatic hydroxyl groups is 1. The number of hydrogen-bond donors (Lipinski definition) is 3. The first-order valence-electron chi connectivity index (χ1n) is 39.5. The Labute approximate surface area is 581 Å². The zero-order chi connectivity index (χ0) is 70.0. The monoisotopic (exact) mass is 1400 g/mol. The van der Waals surface area contributed by atoms with Crippen molar-refractivity contribution in [2.24, 2.45) is 11.8 Å². The number of phosphoric acid groups is 2. The molecule has 0 spiro atoms. The Bertz CT molecular complexity index is 1840. The predicted molar refractivity (Wildman–Crippen MR) is 386 cm³/mol. The summed E-state index contributed by atoms with van der Waals surface area (Å²) in [5.74, 6) is -0.649. The summed E-state index contributed by atoms with van der Waals surface area (Å²) >= 11 is 0. The second kappa shape index (κ2) is 67.9. The lowest BCUT2D eigenvalue weighted by Gasteiger charge is -2.21. The van der Waals surface area contributed by atoms with Gasteiger partial charge in [-0.1, -0.05) is 343 Å². The number of hydrogen-bond acceptors (Lipinski definition) is 15. The third-order valence-electron chi connectivity index (χ3n) is 18.1. The number of rotatable bonds is 75. The Morgan fingerprint density at radius 1 is 0.305 bits per heavy atom. The van der Waals surface area contributed by atoms with Crippen LogP contribution in [0.5, 0.6) is 0 Å². The van der Waals surface area contributed by atoms with Gasteiger partial charge in [-0.15, -0.1) is 0 Å². The van der Waals surface area contributed by atoms with Crippen molar-refractivity contribution in [3.63, 3.8) is 0 Å². The van der Waals surface area contributed by atoms with E-state index in [1.54, 1.807) is 0 Å². The zero-order valence-electron chi connectivity index (χ0n) is 62.0. The molecule has 0 rings (SSSR count).